The first-order chi connectivity index (χ1) is 9.22. The molecule has 0 saturated heterocycles. The Kier molecular flexibility index (Phi) is 7.98. The molecule has 0 aliphatic rings. The minimum absolute atomic E-state index is 0.334. The number of nitrogens with one attached hydrogen (secondary N) is 2. The molecule has 0 radical (unpaired) electrons. The second-order valence-electron chi connectivity index (χ2n) is 4.91. The monoisotopic (exact) mass is 265 g/mol. The lowest BCUT2D eigenvalue weighted by Crippen LogP contribution is -2.07. The molecule has 0 amide bonds. The zero-order valence-electron chi connectivity index (χ0n) is 12.4. The molecule has 0 aromatic carbocycles. The van der Waals surface area contributed by atoms with Crippen molar-refractivity contribution in [1.29, 1.82) is 0 Å². The summed E-state index contributed by atoms with van der Waals surface area (Å²) >= 11 is 0. The zero-order chi connectivity index (χ0) is 13.9. The van der Waals surface area contributed by atoms with Crippen LogP contribution in [0.3, 0.4) is 0 Å². The molecule has 2 N–H and O–H groups in total. The van der Waals surface area contributed by atoms with Crippen LogP contribution < -0.4 is 10.6 Å². The van der Waals surface area contributed by atoms with Crippen molar-refractivity contribution in [3.8, 4) is 0 Å². The molecular formula is C15H27N3O. The molecule has 0 fully saturated rings. The van der Waals surface area contributed by atoms with Gasteiger partial charge in [0.2, 0.25) is 0 Å². The van der Waals surface area contributed by atoms with Crippen LogP contribution in [0.4, 0.5) is 11.5 Å². The molecule has 19 heavy (non-hydrogen) atoms. The molecule has 4 heteroatoms. The van der Waals surface area contributed by atoms with E-state index in [0.717, 1.165) is 50.5 Å². The van der Waals surface area contributed by atoms with E-state index in [0.29, 0.717) is 6.10 Å². The van der Waals surface area contributed by atoms with E-state index in [-0.39, 0.29) is 0 Å². The molecule has 0 atom stereocenters. The summed E-state index contributed by atoms with van der Waals surface area (Å²) in [5, 5.41) is 6.70. The third-order valence-electron chi connectivity index (χ3n) is 2.67. The number of hydrogen-bond acceptors (Lipinski definition) is 4. The van der Waals surface area contributed by atoms with Crippen LogP contribution in [0.5, 0.6) is 0 Å². The summed E-state index contributed by atoms with van der Waals surface area (Å²) in [4.78, 5) is 4.28. The quantitative estimate of drug-likeness (QED) is 0.635. The van der Waals surface area contributed by atoms with Gasteiger partial charge in [-0.3, -0.25) is 0 Å². The molecule has 1 aromatic rings. The maximum Gasteiger partial charge on any atom is 0.127 e. The first-order valence-electron chi connectivity index (χ1n) is 7.27. The number of rotatable bonds is 10. The highest BCUT2D eigenvalue weighted by molar-refractivity contribution is 5.51. The van der Waals surface area contributed by atoms with Gasteiger partial charge < -0.3 is 15.4 Å². The second kappa shape index (κ2) is 9.62. The van der Waals surface area contributed by atoms with Gasteiger partial charge >= 0.3 is 0 Å². The van der Waals surface area contributed by atoms with Gasteiger partial charge in [0.25, 0.3) is 0 Å². The summed E-state index contributed by atoms with van der Waals surface area (Å²) in [6.07, 6.45) is 5.49. The van der Waals surface area contributed by atoms with E-state index in [1.807, 2.05) is 12.3 Å². The highest BCUT2D eigenvalue weighted by atomic mass is 16.5. The molecular weight excluding hydrogens is 238 g/mol. The van der Waals surface area contributed by atoms with E-state index >= 15 is 0 Å². The number of nitrogens with zero attached hydrogens (tertiary/aromatic N) is 1. The van der Waals surface area contributed by atoms with Crippen LogP contribution in [0.1, 0.15) is 40.0 Å². The first-order valence-corrected chi connectivity index (χ1v) is 7.27. The smallest absolute Gasteiger partial charge is 0.127 e. The van der Waals surface area contributed by atoms with Crippen LogP contribution >= 0.6 is 0 Å². The lowest BCUT2D eigenvalue weighted by Gasteiger charge is -2.10. The zero-order valence-corrected chi connectivity index (χ0v) is 12.4. The predicted octanol–water partition coefficient (Wildman–Crippen LogP) is 3.52. The fraction of sp³-hybridized carbons (Fsp3) is 0.667. The van der Waals surface area contributed by atoms with Crippen molar-refractivity contribution >= 4 is 11.5 Å². The van der Waals surface area contributed by atoms with Crippen molar-refractivity contribution in [3.63, 3.8) is 0 Å². The average molecular weight is 265 g/mol. The number of unbranched alkanes of at least 4 members (excludes halogenated alkanes) is 1. The maximum absolute atomic E-state index is 5.51. The second-order valence-corrected chi connectivity index (χ2v) is 4.91. The average Bonchev–Trinajstić information content (AvgIpc) is 2.40. The van der Waals surface area contributed by atoms with Crippen LogP contribution in [-0.4, -0.2) is 30.8 Å². The van der Waals surface area contributed by atoms with Crippen molar-refractivity contribution in [3.05, 3.63) is 18.3 Å². The summed E-state index contributed by atoms with van der Waals surface area (Å²) in [6.45, 7) is 9.06. The van der Waals surface area contributed by atoms with Crippen LogP contribution in [0.15, 0.2) is 18.3 Å². The van der Waals surface area contributed by atoms with Gasteiger partial charge in [0.15, 0.2) is 0 Å². The Labute approximate surface area is 117 Å². The molecule has 1 aromatic heterocycles. The summed E-state index contributed by atoms with van der Waals surface area (Å²) in [7, 11) is 0. The Balaban J connectivity index is 2.18. The Morgan fingerprint density at radius 2 is 2.05 bits per heavy atom. The van der Waals surface area contributed by atoms with Crippen LogP contribution in [0.25, 0.3) is 0 Å². The molecule has 0 spiro atoms. The number of ether oxygens (including phenoxy) is 1. The molecule has 1 heterocycles. The van der Waals surface area contributed by atoms with Crippen LogP contribution in [0.2, 0.25) is 0 Å². The van der Waals surface area contributed by atoms with Gasteiger partial charge in [-0.05, 0) is 39.2 Å². The Morgan fingerprint density at radius 1 is 1.21 bits per heavy atom. The van der Waals surface area contributed by atoms with Crippen molar-refractivity contribution < 1.29 is 4.74 Å². The number of aromatic nitrogens is 1. The molecule has 108 valence electrons. The van der Waals surface area contributed by atoms with E-state index in [2.05, 4.69) is 42.5 Å². The number of hydrogen-bond donors (Lipinski definition) is 2. The van der Waals surface area contributed by atoms with Crippen LogP contribution in [-0.2, 0) is 4.74 Å². The standard InChI is InChI=1S/C15H27N3O/c1-4-8-17-15-12-14(7-10-18-15)16-9-5-6-11-19-13(2)3/h7,10,12-13H,4-6,8-9,11H2,1-3H3,(H2,16,17,18). The number of anilines is 2. The molecule has 0 aliphatic heterocycles. The minimum atomic E-state index is 0.334. The Bertz CT molecular complexity index is 342. The van der Waals surface area contributed by atoms with Gasteiger partial charge in [-0.2, -0.15) is 0 Å². The number of pyridine rings is 1. The Hall–Kier alpha value is -1.29. The van der Waals surface area contributed by atoms with Gasteiger partial charge in [-0.15, -0.1) is 0 Å². The van der Waals surface area contributed by atoms with Crippen molar-refractivity contribution in [2.75, 3.05) is 30.3 Å². The summed E-state index contributed by atoms with van der Waals surface area (Å²) in [5.41, 5.74) is 1.12. The summed E-state index contributed by atoms with van der Waals surface area (Å²) < 4.78 is 5.51. The van der Waals surface area contributed by atoms with Gasteiger partial charge in [-0.25, -0.2) is 4.98 Å². The first kappa shape index (κ1) is 15.8. The summed E-state index contributed by atoms with van der Waals surface area (Å²) in [6, 6.07) is 4.06. The van der Waals surface area contributed by atoms with E-state index in [1.165, 1.54) is 0 Å². The molecule has 0 bridgehead atoms. The SMILES string of the molecule is CCCNc1cc(NCCCCOC(C)C)ccn1. The van der Waals surface area contributed by atoms with E-state index in [4.69, 9.17) is 4.74 Å². The van der Waals surface area contributed by atoms with Crippen molar-refractivity contribution in [2.45, 2.75) is 46.1 Å². The van der Waals surface area contributed by atoms with Gasteiger partial charge in [0.1, 0.15) is 5.82 Å². The minimum Gasteiger partial charge on any atom is -0.385 e. The van der Waals surface area contributed by atoms with E-state index < -0.39 is 0 Å². The molecule has 0 saturated carbocycles. The lowest BCUT2D eigenvalue weighted by molar-refractivity contribution is 0.0765. The molecule has 0 unspecified atom stereocenters. The normalized spacial score (nSPS) is 10.7. The summed E-state index contributed by atoms with van der Waals surface area (Å²) in [5.74, 6) is 0.940. The fourth-order valence-electron chi connectivity index (χ4n) is 1.67. The van der Waals surface area contributed by atoms with E-state index in [9.17, 15) is 0 Å². The third kappa shape index (κ3) is 7.67. The van der Waals surface area contributed by atoms with Crippen molar-refractivity contribution in [1.82, 2.24) is 4.98 Å². The maximum atomic E-state index is 5.51. The van der Waals surface area contributed by atoms with Crippen LogP contribution in [0, 0.1) is 0 Å². The van der Waals surface area contributed by atoms with Crippen molar-refractivity contribution in [2.24, 2.45) is 0 Å². The molecule has 0 aliphatic carbocycles. The van der Waals surface area contributed by atoms with E-state index in [1.54, 1.807) is 0 Å². The third-order valence-corrected chi connectivity index (χ3v) is 2.67. The topological polar surface area (TPSA) is 46.2 Å². The van der Waals surface area contributed by atoms with Gasteiger partial charge in [-0.1, -0.05) is 6.92 Å². The fourth-order valence-corrected chi connectivity index (χ4v) is 1.67. The molecule has 4 nitrogen and oxygen atoms in total. The Morgan fingerprint density at radius 3 is 2.79 bits per heavy atom. The molecule has 1 rings (SSSR count). The largest absolute Gasteiger partial charge is 0.385 e. The lowest BCUT2D eigenvalue weighted by atomic mass is 10.3. The highest BCUT2D eigenvalue weighted by Crippen LogP contribution is 2.12. The van der Waals surface area contributed by atoms with Gasteiger partial charge in [0.05, 0.1) is 6.10 Å². The highest BCUT2D eigenvalue weighted by Gasteiger charge is 1.97. The predicted molar refractivity (Wildman–Crippen MR) is 81.8 cm³/mol. The van der Waals surface area contributed by atoms with Gasteiger partial charge in [0, 0.05) is 37.6 Å².